The van der Waals surface area contributed by atoms with Gasteiger partial charge < -0.3 is 9.73 Å². The Morgan fingerprint density at radius 3 is 2.86 bits per heavy atom. The van der Waals surface area contributed by atoms with E-state index in [0.29, 0.717) is 5.92 Å². The van der Waals surface area contributed by atoms with E-state index < -0.39 is 0 Å². The lowest BCUT2D eigenvalue weighted by Crippen LogP contribution is -2.19. The van der Waals surface area contributed by atoms with Crippen molar-refractivity contribution in [2.75, 3.05) is 6.54 Å². The van der Waals surface area contributed by atoms with Gasteiger partial charge >= 0.3 is 0 Å². The van der Waals surface area contributed by atoms with Gasteiger partial charge in [0.2, 0.25) is 0 Å². The fraction of sp³-hybridized carbons (Fsp3) is 0.353. The summed E-state index contributed by atoms with van der Waals surface area (Å²) in [6.07, 6.45) is 3.78. The first-order chi connectivity index (χ1) is 10.2. The zero-order valence-corrected chi connectivity index (χ0v) is 12.5. The Kier molecular flexibility index (Phi) is 4.06. The van der Waals surface area contributed by atoms with Crippen LogP contribution in [-0.2, 0) is 13.1 Å². The summed E-state index contributed by atoms with van der Waals surface area (Å²) in [5, 5.41) is 8.94. The van der Waals surface area contributed by atoms with Gasteiger partial charge in [-0.15, -0.1) is 0 Å². The lowest BCUT2D eigenvalue weighted by Gasteiger charge is -2.07. The van der Waals surface area contributed by atoms with Crippen molar-refractivity contribution in [1.82, 2.24) is 15.1 Å². The summed E-state index contributed by atoms with van der Waals surface area (Å²) < 4.78 is 7.96. The summed E-state index contributed by atoms with van der Waals surface area (Å²) in [6, 6.07) is 10.1. The van der Waals surface area contributed by atoms with Crippen molar-refractivity contribution >= 4 is 11.0 Å². The van der Waals surface area contributed by atoms with Gasteiger partial charge in [-0.2, -0.15) is 5.10 Å². The van der Waals surface area contributed by atoms with E-state index in [1.165, 1.54) is 10.9 Å². The molecule has 3 rings (SSSR count). The highest BCUT2D eigenvalue weighted by Gasteiger charge is 2.14. The maximum Gasteiger partial charge on any atom is 0.134 e. The number of para-hydroxylation sites is 1. The molecule has 0 aliphatic rings. The largest absolute Gasteiger partial charge is 0.459 e. The molecule has 0 unspecified atom stereocenters. The molecule has 0 bridgehead atoms. The van der Waals surface area contributed by atoms with Gasteiger partial charge in [-0.05, 0) is 24.6 Å². The van der Waals surface area contributed by atoms with Gasteiger partial charge in [0, 0.05) is 23.3 Å². The van der Waals surface area contributed by atoms with Crippen LogP contribution in [0.3, 0.4) is 0 Å². The molecule has 1 N–H and O–H groups in total. The molecule has 0 amide bonds. The summed E-state index contributed by atoms with van der Waals surface area (Å²) in [6.45, 7) is 6.89. The van der Waals surface area contributed by atoms with Crippen LogP contribution in [0.4, 0.5) is 0 Å². The third-order valence-electron chi connectivity index (χ3n) is 3.50. The molecule has 0 radical (unpaired) electrons. The molecule has 0 fully saturated rings. The van der Waals surface area contributed by atoms with Crippen molar-refractivity contribution in [1.29, 1.82) is 0 Å². The number of furan rings is 1. The quantitative estimate of drug-likeness (QED) is 0.753. The number of fused-ring (bicyclic) bond motifs is 1. The van der Waals surface area contributed by atoms with Crippen LogP contribution in [0.1, 0.15) is 25.2 Å². The van der Waals surface area contributed by atoms with Gasteiger partial charge in [-0.25, -0.2) is 0 Å². The fourth-order valence-corrected chi connectivity index (χ4v) is 2.50. The maximum atomic E-state index is 6.03. The first kappa shape index (κ1) is 13.9. The molecule has 2 aromatic heterocycles. The van der Waals surface area contributed by atoms with Crippen LogP contribution in [0.2, 0.25) is 0 Å². The smallest absolute Gasteiger partial charge is 0.134 e. The van der Waals surface area contributed by atoms with E-state index in [9.17, 15) is 0 Å². The van der Waals surface area contributed by atoms with Crippen molar-refractivity contribution in [2.24, 2.45) is 5.92 Å². The van der Waals surface area contributed by atoms with Crippen LogP contribution in [-0.4, -0.2) is 16.3 Å². The van der Waals surface area contributed by atoms with Crippen molar-refractivity contribution in [3.8, 4) is 0 Å². The number of rotatable bonds is 6. The lowest BCUT2D eigenvalue weighted by atomic mass is 10.1. The molecule has 110 valence electrons. The van der Waals surface area contributed by atoms with Gasteiger partial charge in [0.15, 0.2) is 0 Å². The Bertz CT molecular complexity index is 698. The lowest BCUT2D eigenvalue weighted by molar-refractivity contribution is 0.477. The minimum Gasteiger partial charge on any atom is -0.459 e. The zero-order valence-electron chi connectivity index (χ0n) is 12.5. The Hall–Kier alpha value is -2.07. The van der Waals surface area contributed by atoms with Crippen LogP contribution in [0.25, 0.3) is 11.0 Å². The minimum absolute atomic E-state index is 0.629. The molecule has 0 aliphatic heterocycles. The van der Waals surface area contributed by atoms with Gasteiger partial charge in [0.25, 0.3) is 0 Å². The predicted molar refractivity (Wildman–Crippen MR) is 84.1 cm³/mol. The molecular formula is C17H21N3O. The molecule has 0 saturated heterocycles. The third kappa shape index (κ3) is 3.16. The highest BCUT2D eigenvalue weighted by molar-refractivity contribution is 5.82. The van der Waals surface area contributed by atoms with Crippen molar-refractivity contribution in [3.63, 3.8) is 0 Å². The van der Waals surface area contributed by atoms with Crippen molar-refractivity contribution in [3.05, 3.63) is 54.0 Å². The number of nitrogens with one attached hydrogen (secondary N) is 1. The summed E-state index contributed by atoms with van der Waals surface area (Å²) >= 11 is 0. The average Bonchev–Trinajstić information content (AvgIpc) is 3.08. The number of hydrogen-bond acceptors (Lipinski definition) is 3. The summed E-state index contributed by atoms with van der Waals surface area (Å²) in [4.78, 5) is 0. The van der Waals surface area contributed by atoms with E-state index in [4.69, 9.17) is 4.42 Å². The summed E-state index contributed by atoms with van der Waals surface area (Å²) in [7, 11) is 0. The minimum atomic E-state index is 0.629. The summed E-state index contributed by atoms with van der Waals surface area (Å²) in [5.74, 6) is 1.64. The molecule has 21 heavy (non-hydrogen) atoms. The van der Waals surface area contributed by atoms with Gasteiger partial charge in [-0.1, -0.05) is 32.0 Å². The second kappa shape index (κ2) is 6.14. The van der Waals surface area contributed by atoms with Crippen LogP contribution in [0.5, 0.6) is 0 Å². The molecule has 4 heteroatoms. The van der Waals surface area contributed by atoms with E-state index >= 15 is 0 Å². The van der Waals surface area contributed by atoms with Gasteiger partial charge in [0.1, 0.15) is 11.3 Å². The highest BCUT2D eigenvalue weighted by atomic mass is 16.3. The van der Waals surface area contributed by atoms with E-state index in [1.54, 1.807) is 6.20 Å². The third-order valence-corrected chi connectivity index (χ3v) is 3.50. The molecule has 1 aromatic carbocycles. The Morgan fingerprint density at radius 2 is 2.10 bits per heavy atom. The molecule has 0 spiro atoms. The molecule has 0 atom stereocenters. The number of nitrogens with zero attached hydrogens (tertiary/aromatic N) is 2. The van der Waals surface area contributed by atoms with Crippen LogP contribution < -0.4 is 5.32 Å². The van der Waals surface area contributed by atoms with E-state index in [2.05, 4.69) is 36.4 Å². The molecule has 0 aliphatic carbocycles. The van der Waals surface area contributed by atoms with E-state index in [-0.39, 0.29) is 0 Å². The number of hydrogen-bond donors (Lipinski definition) is 1. The Balaban J connectivity index is 1.90. The number of aromatic nitrogens is 2. The SMILES string of the molecule is CC(C)CNCc1oc2ccccc2c1Cn1cccn1. The average molecular weight is 283 g/mol. The zero-order chi connectivity index (χ0) is 14.7. The van der Waals surface area contributed by atoms with Crippen molar-refractivity contribution in [2.45, 2.75) is 26.9 Å². The second-order valence-electron chi connectivity index (χ2n) is 5.73. The molecule has 2 heterocycles. The standard InChI is InChI=1S/C17H21N3O/c1-13(2)10-18-11-17-15(12-20-9-5-8-19-20)14-6-3-4-7-16(14)21-17/h3-9,13,18H,10-12H2,1-2H3. The monoisotopic (exact) mass is 283 g/mol. The van der Waals surface area contributed by atoms with E-state index in [0.717, 1.165) is 31.0 Å². The van der Waals surface area contributed by atoms with Gasteiger partial charge in [0.05, 0.1) is 13.1 Å². The Morgan fingerprint density at radius 1 is 1.24 bits per heavy atom. The fourth-order valence-electron chi connectivity index (χ4n) is 2.50. The number of benzene rings is 1. The van der Waals surface area contributed by atoms with E-state index in [1.807, 2.05) is 29.1 Å². The maximum absolute atomic E-state index is 6.03. The second-order valence-corrected chi connectivity index (χ2v) is 5.73. The summed E-state index contributed by atoms with van der Waals surface area (Å²) in [5.41, 5.74) is 2.16. The molecule has 4 nitrogen and oxygen atoms in total. The van der Waals surface area contributed by atoms with Crippen LogP contribution in [0, 0.1) is 5.92 Å². The normalized spacial score (nSPS) is 11.6. The first-order valence-corrected chi connectivity index (χ1v) is 7.41. The van der Waals surface area contributed by atoms with Crippen LogP contribution in [0.15, 0.2) is 47.1 Å². The molecule has 0 saturated carbocycles. The van der Waals surface area contributed by atoms with Crippen molar-refractivity contribution < 1.29 is 4.42 Å². The molecule has 3 aromatic rings. The predicted octanol–water partition coefficient (Wildman–Crippen LogP) is 3.42. The Labute approximate surface area is 124 Å². The first-order valence-electron chi connectivity index (χ1n) is 7.41. The highest BCUT2D eigenvalue weighted by Crippen LogP contribution is 2.26. The topological polar surface area (TPSA) is 43.0 Å². The van der Waals surface area contributed by atoms with Gasteiger partial charge in [-0.3, -0.25) is 4.68 Å². The van der Waals surface area contributed by atoms with Crippen LogP contribution >= 0.6 is 0 Å². The molecular weight excluding hydrogens is 262 g/mol.